The minimum Gasteiger partial charge on any atom is -0.457 e. The molecule has 0 amide bonds. The first kappa shape index (κ1) is 20.5. The van der Waals surface area contributed by atoms with Crippen molar-refractivity contribution in [3.05, 3.63) is 74.8 Å². The fraction of sp³-hybridized carbons (Fsp3) is 0.304. The lowest BCUT2D eigenvalue weighted by atomic mass is 9.98. The van der Waals surface area contributed by atoms with E-state index in [4.69, 9.17) is 4.74 Å². The molecule has 0 saturated heterocycles. The number of aryl methyl sites for hydroxylation is 4. The number of ketones is 1. The number of Topliss-reactive ketones (excluding diaryl/α,β-unsaturated/α-hetero) is 1. The number of carbonyl (C=O) groups is 2. The van der Waals surface area contributed by atoms with Gasteiger partial charge < -0.3 is 4.74 Å². The summed E-state index contributed by atoms with van der Waals surface area (Å²) in [5.74, 6) is -0.223. The van der Waals surface area contributed by atoms with E-state index in [-0.39, 0.29) is 30.8 Å². The molecule has 0 aliphatic heterocycles. The number of esters is 1. The molecule has 2 aromatic carbocycles. The SMILES string of the molecule is Cc1cc(C)c(C(=O)COC(=O)CCc2nc3ccccc3c(=O)n2C)cc1C. The molecule has 3 aromatic rings. The number of benzene rings is 2. The first-order valence-corrected chi connectivity index (χ1v) is 9.49. The van der Waals surface area contributed by atoms with E-state index in [1.807, 2.05) is 39.0 Å². The van der Waals surface area contributed by atoms with Gasteiger partial charge in [-0.25, -0.2) is 4.98 Å². The Morgan fingerprint density at radius 3 is 2.48 bits per heavy atom. The molecular formula is C23H24N2O4. The Hall–Kier alpha value is -3.28. The molecule has 1 aromatic heterocycles. The zero-order chi connectivity index (χ0) is 21.1. The van der Waals surface area contributed by atoms with Crippen molar-refractivity contribution >= 4 is 22.7 Å². The summed E-state index contributed by atoms with van der Waals surface area (Å²) in [5.41, 5.74) is 4.01. The van der Waals surface area contributed by atoms with Crippen LogP contribution in [-0.4, -0.2) is 27.9 Å². The highest BCUT2D eigenvalue weighted by Crippen LogP contribution is 2.16. The fourth-order valence-corrected chi connectivity index (χ4v) is 3.26. The van der Waals surface area contributed by atoms with Gasteiger partial charge in [0.05, 0.1) is 17.3 Å². The van der Waals surface area contributed by atoms with Crippen molar-refractivity contribution in [1.29, 1.82) is 0 Å². The monoisotopic (exact) mass is 392 g/mol. The third-order valence-electron chi connectivity index (χ3n) is 5.13. The van der Waals surface area contributed by atoms with Gasteiger partial charge in [-0.1, -0.05) is 18.2 Å². The number of aromatic nitrogens is 2. The summed E-state index contributed by atoms with van der Waals surface area (Å²) in [6.45, 7) is 5.50. The number of ether oxygens (including phenoxy) is 1. The Morgan fingerprint density at radius 2 is 1.72 bits per heavy atom. The maximum atomic E-state index is 12.4. The fourth-order valence-electron chi connectivity index (χ4n) is 3.26. The maximum Gasteiger partial charge on any atom is 0.306 e. The van der Waals surface area contributed by atoms with Gasteiger partial charge in [-0.2, -0.15) is 0 Å². The Balaban J connectivity index is 1.63. The topological polar surface area (TPSA) is 78.3 Å². The van der Waals surface area contributed by atoms with Crippen molar-refractivity contribution < 1.29 is 14.3 Å². The second-order valence-corrected chi connectivity index (χ2v) is 7.24. The van der Waals surface area contributed by atoms with Gasteiger partial charge in [0.2, 0.25) is 5.78 Å². The van der Waals surface area contributed by atoms with Crippen LogP contribution in [0.5, 0.6) is 0 Å². The summed E-state index contributed by atoms with van der Waals surface area (Å²) >= 11 is 0. The molecule has 29 heavy (non-hydrogen) atoms. The molecule has 0 spiro atoms. The van der Waals surface area contributed by atoms with Gasteiger partial charge in [0.1, 0.15) is 5.82 Å². The molecule has 0 unspecified atom stereocenters. The van der Waals surface area contributed by atoms with Crippen molar-refractivity contribution in [3.63, 3.8) is 0 Å². The van der Waals surface area contributed by atoms with E-state index in [2.05, 4.69) is 4.98 Å². The summed E-state index contributed by atoms with van der Waals surface area (Å²) in [4.78, 5) is 41.4. The zero-order valence-corrected chi connectivity index (χ0v) is 17.1. The maximum absolute atomic E-state index is 12.4. The zero-order valence-electron chi connectivity index (χ0n) is 17.1. The second kappa shape index (κ2) is 8.39. The Kier molecular flexibility index (Phi) is 5.92. The van der Waals surface area contributed by atoms with E-state index < -0.39 is 5.97 Å². The van der Waals surface area contributed by atoms with Gasteiger partial charge >= 0.3 is 5.97 Å². The summed E-state index contributed by atoms with van der Waals surface area (Å²) < 4.78 is 6.60. The highest BCUT2D eigenvalue weighted by molar-refractivity contribution is 5.99. The third kappa shape index (κ3) is 4.42. The van der Waals surface area contributed by atoms with E-state index in [0.717, 1.165) is 16.7 Å². The second-order valence-electron chi connectivity index (χ2n) is 7.24. The first-order chi connectivity index (χ1) is 13.8. The third-order valence-corrected chi connectivity index (χ3v) is 5.13. The molecule has 150 valence electrons. The van der Waals surface area contributed by atoms with Crippen LogP contribution >= 0.6 is 0 Å². The van der Waals surface area contributed by atoms with E-state index in [1.165, 1.54) is 4.57 Å². The van der Waals surface area contributed by atoms with Gasteiger partial charge in [-0.3, -0.25) is 19.0 Å². The lowest BCUT2D eigenvalue weighted by molar-refractivity contribution is -0.142. The molecular weight excluding hydrogens is 368 g/mol. The highest BCUT2D eigenvalue weighted by atomic mass is 16.5. The standard InChI is InChI=1S/C23H24N2O4/c1-14-11-16(3)18(12-15(14)2)20(26)13-29-22(27)10-9-21-24-19-8-6-5-7-17(19)23(28)25(21)4/h5-8,11-12H,9-10,13H2,1-4H3. The van der Waals surface area contributed by atoms with Gasteiger partial charge in [-0.05, 0) is 55.7 Å². The van der Waals surface area contributed by atoms with Crippen molar-refractivity contribution in [3.8, 4) is 0 Å². The van der Waals surface area contributed by atoms with Gasteiger partial charge in [0.15, 0.2) is 6.61 Å². The van der Waals surface area contributed by atoms with Crippen LogP contribution in [0.4, 0.5) is 0 Å². The normalized spacial score (nSPS) is 10.9. The van der Waals surface area contributed by atoms with Crippen LogP contribution in [0.3, 0.4) is 0 Å². The summed E-state index contributed by atoms with van der Waals surface area (Å²) in [5, 5.41) is 0.538. The van der Waals surface area contributed by atoms with Crippen molar-refractivity contribution in [2.75, 3.05) is 6.61 Å². The predicted molar refractivity (Wildman–Crippen MR) is 111 cm³/mol. The molecule has 0 atom stereocenters. The highest BCUT2D eigenvalue weighted by Gasteiger charge is 2.15. The summed E-state index contributed by atoms with van der Waals surface area (Å²) in [6.07, 6.45) is 0.296. The van der Waals surface area contributed by atoms with Crippen LogP contribution in [0.25, 0.3) is 10.9 Å². The first-order valence-electron chi connectivity index (χ1n) is 9.49. The molecule has 0 aliphatic rings. The number of nitrogens with zero attached hydrogens (tertiary/aromatic N) is 2. The molecule has 0 fully saturated rings. The molecule has 6 heteroatoms. The van der Waals surface area contributed by atoms with Crippen LogP contribution in [0.2, 0.25) is 0 Å². The van der Waals surface area contributed by atoms with E-state index >= 15 is 0 Å². The smallest absolute Gasteiger partial charge is 0.306 e. The molecule has 0 radical (unpaired) electrons. The lowest BCUT2D eigenvalue weighted by Gasteiger charge is -2.10. The van der Waals surface area contributed by atoms with Gasteiger partial charge in [-0.15, -0.1) is 0 Å². The molecule has 6 nitrogen and oxygen atoms in total. The van der Waals surface area contributed by atoms with Crippen molar-refractivity contribution in [1.82, 2.24) is 9.55 Å². The largest absolute Gasteiger partial charge is 0.457 e. The molecule has 0 saturated carbocycles. The number of para-hydroxylation sites is 1. The molecule has 3 rings (SSSR count). The number of hydrogen-bond donors (Lipinski definition) is 0. The number of carbonyl (C=O) groups excluding carboxylic acids is 2. The van der Waals surface area contributed by atoms with E-state index in [9.17, 15) is 14.4 Å². The minimum atomic E-state index is -0.498. The van der Waals surface area contributed by atoms with Crippen LogP contribution in [0.15, 0.2) is 41.2 Å². The molecule has 0 aliphatic carbocycles. The van der Waals surface area contributed by atoms with Gasteiger partial charge in [0.25, 0.3) is 5.56 Å². The Morgan fingerprint density at radius 1 is 1.03 bits per heavy atom. The van der Waals surface area contributed by atoms with Crippen molar-refractivity contribution in [2.45, 2.75) is 33.6 Å². The number of fused-ring (bicyclic) bond motifs is 1. The lowest BCUT2D eigenvalue weighted by Crippen LogP contribution is -2.23. The van der Waals surface area contributed by atoms with E-state index in [1.54, 1.807) is 25.2 Å². The predicted octanol–water partition coefficient (Wildman–Crippen LogP) is 3.22. The number of hydrogen-bond acceptors (Lipinski definition) is 5. The minimum absolute atomic E-state index is 0.0395. The quantitative estimate of drug-likeness (QED) is 0.475. The Bertz CT molecular complexity index is 1160. The molecule has 1 heterocycles. The summed E-state index contributed by atoms with van der Waals surface area (Å²) in [7, 11) is 1.63. The van der Waals surface area contributed by atoms with Crippen LogP contribution in [0.1, 0.15) is 39.3 Å². The average Bonchev–Trinajstić information content (AvgIpc) is 2.70. The van der Waals surface area contributed by atoms with E-state index in [0.29, 0.717) is 22.3 Å². The van der Waals surface area contributed by atoms with Crippen LogP contribution in [0, 0.1) is 20.8 Å². The van der Waals surface area contributed by atoms with Gasteiger partial charge in [0, 0.05) is 19.0 Å². The number of rotatable bonds is 6. The Labute approximate surface area is 169 Å². The summed E-state index contributed by atoms with van der Waals surface area (Å²) in [6, 6.07) is 10.9. The van der Waals surface area contributed by atoms with Crippen LogP contribution in [-0.2, 0) is 23.0 Å². The van der Waals surface area contributed by atoms with Crippen LogP contribution < -0.4 is 5.56 Å². The average molecular weight is 392 g/mol. The molecule has 0 N–H and O–H groups in total. The molecule has 0 bridgehead atoms. The van der Waals surface area contributed by atoms with Crippen molar-refractivity contribution in [2.24, 2.45) is 7.05 Å².